The third kappa shape index (κ3) is 4.95. The van der Waals surface area contributed by atoms with Crippen molar-refractivity contribution in [3.8, 4) is 22.8 Å². The van der Waals surface area contributed by atoms with Crippen molar-refractivity contribution < 1.29 is 14.3 Å². The highest BCUT2D eigenvalue weighted by atomic mass is 32.2. The number of carbonyl (C=O) groups is 1. The molecule has 2 aliphatic rings. The summed E-state index contributed by atoms with van der Waals surface area (Å²) in [7, 11) is 0. The van der Waals surface area contributed by atoms with Crippen molar-refractivity contribution in [2.45, 2.75) is 16.8 Å². The van der Waals surface area contributed by atoms with Crippen LogP contribution in [0.1, 0.15) is 15.9 Å². The van der Waals surface area contributed by atoms with Crippen molar-refractivity contribution in [2.24, 2.45) is 0 Å². The van der Waals surface area contributed by atoms with E-state index in [1.165, 1.54) is 17.3 Å². The van der Waals surface area contributed by atoms with Crippen LogP contribution >= 0.6 is 11.8 Å². The normalized spacial score (nSPS) is 14.6. The van der Waals surface area contributed by atoms with Crippen molar-refractivity contribution in [2.75, 3.05) is 37.9 Å². The summed E-state index contributed by atoms with van der Waals surface area (Å²) in [5, 5.41) is 0.721. The van der Waals surface area contributed by atoms with Gasteiger partial charge in [0, 0.05) is 49.0 Å². The molecule has 0 spiro atoms. The molecular formula is C28H25N5O3S. The summed E-state index contributed by atoms with van der Waals surface area (Å²) in [5.74, 6) is 2.12. The number of fused-ring (bicyclic) bond motifs is 1. The largest absolute Gasteiger partial charge is 0.454 e. The molecule has 9 heteroatoms. The molecule has 4 aromatic rings. The number of aryl methyl sites for hydroxylation is 1. The zero-order valence-corrected chi connectivity index (χ0v) is 21.1. The monoisotopic (exact) mass is 511 g/mol. The van der Waals surface area contributed by atoms with Gasteiger partial charge in [-0.3, -0.25) is 4.79 Å². The Bertz CT molecular complexity index is 1440. The molecule has 1 fully saturated rings. The van der Waals surface area contributed by atoms with Gasteiger partial charge in [0.1, 0.15) is 5.03 Å². The number of anilines is 1. The van der Waals surface area contributed by atoms with Gasteiger partial charge in [-0.05, 0) is 55.5 Å². The maximum absolute atomic E-state index is 13.4. The highest BCUT2D eigenvalue weighted by molar-refractivity contribution is 7.99. The average molecular weight is 512 g/mol. The lowest BCUT2D eigenvalue weighted by molar-refractivity contribution is 0.0742. The molecule has 2 aromatic carbocycles. The number of benzene rings is 2. The van der Waals surface area contributed by atoms with E-state index in [1.54, 1.807) is 12.4 Å². The molecule has 1 amide bonds. The van der Waals surface area contributed by atoms with Gasteiger partial charge in [-0.1, -0.05) is 29.5 Å². The van der Waals surface area contributed by atoms with Crippen LogP contribution in [0.3, 0.4) is 0 Å². The Kier molecular flexibility index (Phi) is 6.36. The van der Waals surface area contributed by atoms with Gasteiger partial charge in [-0.2, -0.15) is 0 Å². The van der Waals surface area contributed by atoms with Crippen LogP contribution in [-0.2, 0) is 0 Å². The lowest BCUT2D eigenvalue weighted by atomic mass is 10.1. The highest BCUT2D eigenvalue weighted by Gasteiger charge is 2.26. The van der Waals surface area contributed by atoms with Crippen LogP contribution in [-0.4, -0.2) is 58.7 Å². The minimum Gasteiger partial charge on any atom is -0.454 e. The van der Waals surface area contributed by atoms with Crippen molar-refractivity contribution in [3.05, 3.63) is 84.2 Å². The first-order valence-corrected chi connectivity index (χ1v) is 12.9. The lowest BCUT2D eigenvalue weighted by Crippen LogP contribution is -2.49. The third-order valence-corrected chi connectivity index (χ3v) is 7.42. The second-order valence-corrected chi connectivity index (χ2v) is 9.92. The maximum atomic E-state index is 13.4. The van der Waals surface area contributed by atoms with Gasteiger partial charge in [0.05, 0.1) is 11.3 Å². The Morgan fingerprint density at radius 2 is 1.70 bits per heavy atom. The molecule has 6 rings (SSSR count). The summed E-state index contributed by atoms with van der Waals surface area (Å²) < 4.78 is 10.9. The minimum absolute atomic E-state index is 0.00242. The fourth-order valence-corrected chi connectivity index (χ4v) is 5.22. The summed E-state index contributed by atoms with van der Waals surface area (Å²) in [6.45, 7) is 4.76. The predicted octanol–water partition coefficient (Wildman–Crippen LogP) is 4.69. The molecule has 0 atom stereocenters. The fourth-order valence-electron chi connectivity index (χ4n) is 4.35. The second kappa shape index (κ2) is 10.1. The van der Waals surface area contributed by atoms with Gasteiger partial charge in [0.2, 0.25) is 12.7 Å². The Balaban J connectivity index is 1.14. The van der Waals surface area contributed by atoms with Crippen LogP contribution in [0.5, 0.6) is 11.5 Å². The smallest absolute Gasteiger partial charge is 0.256 e. The first kappa shape index (κ1) is 23.3. The van der Waals surface area contributed by atoms with Gasteiger partial charge in [-0.15, -0.1) is 0 Å². The highest BCUT2D eigenvalue weighted by Crippen LogP contribution is 2.35. The number of aromatic nitrogens is 3. The number of nitrogens with zero attached hydrogens (tertiary/aromatic N) is 5. The van der Waals surface area contributed by atoms with E-state index in [2.05, 4.69) is 46.1 Å². The lowest BCUT2D eigenvalue weighted by Gasteiger charge is -2.35. The summed E-state index contributed by atoms with van der Waals surface area (Å²) in [5.41, 5.74) is 3.58. The summed E-state index contributed by atoms with van der Waals surface area (Å²) >= 11 is 1.51. The van der Waals surface area contributed by atoms with Crippen LogP contribution in [0.15, 0.2) is 83.0 Å². The number of pyridine rings is 1. The van der Waals surface area contributed by atoms with E-state index in [9.17, 15) is 4.79 Å². The molecule has 0 radical (unpaired) electrons. The van der Waals surface area contributed by atoms with E-state index in [4.69, 9.17) is 14.5 Å². The number of carbonyl (C=O) groups excluding carboxylic acids is 1. The molecule has 1 saturated heterocycles. The number of hydrogen-bond acceptors (Lipinski definition) is 8. The van der Waals surface area contributed by atoms with Gasteiger partial charge >= 0.3 is 0 Å². The van der Waals surface area contributed by atoms with Crippen LogP contribution in [0.2, 0.25) is 0 Å². The first-order chi connectivity index (χ1) is 18.1. The van der Waals surface area contributed by atoms with Crippen molar-refractivity contribution in [3.63, 3.8) is 0 Å². The number of rotatable bonds is 5. The van der Waals surface area contributed by atoms with E-state index in [0.29, 0.717) is 37.7 Å². The predicted molar refractivity (Wildman–Crippen MR) is 141 cm³/mol. The van der Waals surface area contributed by atoms with E-state index in [-0.39, 0.29) is 12.7 Å². The molecule has 186 valence electrons. The SMILES string of the molecule is Cc1ccc(Sc2ncccc2C(=O)N2CCN(c3nccc(-c4ccc5c(c4)OCO5)n3)CC2)cc1. The van der Waals surface area contributed by atoms with Crippen LogP contribution in [0.25, 0.3) is 11.3 Å². The maximum Gasteiger partial charge on any atom is 0.256 e. The topological polar surface area (TPSA) is 80.7 Å². The van der Waals surface area contributed by atoms with Gasteiger partial charge < -0.3 is 19.3 Å². The summed E-state index contributed by atoms with van der Waals surface area (Å²) in [4.78, 5) is 32.3. The van der Waals surface area contributed by atoms with E-state index >= 15 is 0 Å². The van der Waals surface area contributed by atoms with Crippen LogP contribution in [0.4, 0.5) is 5.95 Å². The molecule has 0 aliphatic carbocycles. The fraction of sp³-hybridized carbons (Fsp3) is 0.214. The molecule has 8 nitrogen and oxygen atoms in total. The molecule has 2 aliphatic heterocycles. The van der Waals surface area contributed by atoms with Crippen molar-refractivity contribution in [1.29, 1.82) is 0 Å². The third-order valence-electron chi connectivity index (χ3n) is 6.40. The number of piperazine rings is 1. The average Bonchev–Trinajstić information content (AvgIpc) is 3.43. The number of ether oxygens (including phenoxy) is 2. The molecule has 2 aromatic heterocycles. The Morgan fingerprint density at radius 3 is 2.54 bits per heavy atom. The van der Waals surface area contributed by atoms with Crippen molar-refractivity contribution in [1.82, 2.24) is 19.9 Å². The molecule has 0 unspecified atom stereocenters. The standard InChI is InChI=1S/C28H25N5O3S/c1-19-4-7-21(8-5-19)37-26-22(3-2-11-29-26)27(34)32-13-15-33(16-14-32)28-30-12-10-23(31-28)20-6-9-24-25(17-20)36-18-35-24/h2-12,17H,13-16,18H2,1H3. The summed E-state index contributed by atoms with van der Waals surface area (Å²) in [6, 6.07) is 19.6. The minimum atomic E-state index is -0.00242. The Labute approximate surface area is 219 Å². The quantitative estimate of drug-likeness (QED) is 0.382. The molecule has 0 N–H and O–H groups in total. The number of hydrogen-bond donors (Lipinski definition) is 0. The Morgan fingerprint density at radius 1 is 0.892 bits per heavy atom. The van der Waals surface area contributed by atoms with E-state index < -0.39 is 0 Å². The zero-order chi connectivity index (χ0) is 25.2. The van der Waals surface area contributed by atoms with Crippen molar-refractivity contribution >= 4 is 23.6 Å². The first-order valence-electron chi connectivity index (χ1n) is 12.1. The zero-order valence-electron chi connectivity index (χ0n) is 20.3. The second-order valence-electron chi connectivity index (χ2n) is 8.86. The molecule has 37 heavy (non-hydrogen) atoms. The molecular weight excluding hydrogens is 486 g/mol. The van der Waals surface area contributed by atoms with Gasteiger partial charge in [0.15, 0.2) is 11.5 Å². The van der Waals surface area contributed by atoms with Gasteiger partial charge in [-0.25, -0.2) is 15.0 Å². The molecule has 4 heterocycles. The van der Waals surface area contributed by atoms with Crippen LogP contribution in [0, 0.1) is 6.92 Å². The Hall–Kier alpha value is -4.11. The molecule has 0 saturated carbocycles. The van der Waals surface area contributed by atoms with Gasteiger partial charge in [0.25, 0.3) is 5.91 Å². The van der Waals surface area contributed by atoms with E-state index in [0.717, 1.165) is 32.7 Å². The molecule has 0 bridgehead atoms. The van der Waals surface area contributed by atoms with E-state index in [1.807, 2.05) is 41.3 Å². The summed E-state index contributed by atoms with van der Waals surface area (Å²) in [6.07, 6.45) is 3.50. The number of amides is 1. The van der Waals surface area contributed by atoms with Crippen LogP contribution < -0.4 is 14.4 Å².